The smallest absolute Gasteiger partial charge is 0.340 e. The Balaban J connectivity index is 1.66. The summed E-state index contributed by atoms with van der Waals surface area (Å²) < 4.78 is 47.8. The third-order valence-electron chi connectivity index (χ3n) is 6.65. The Kier molecular flexibility index (Phi) is 9.17. The molecule has 0 N–H and O–H groups in total. The molecule has 3 aromatic carbocycles. The highest BCUT2D eigenvalue weighted by molar-refractivity contribution is 5.86. The standard InChI is InChI=1S/C32H33FO8/c1-18(2)40-26-12-11-22-19(3)23(16-21-9-7-8-10-25(21)33)32(35)41-30(22)24(26)17-39-29(34)15-20-13-27(36-4)31(38-6)28(14-20)37-5/h7-14,18H,15-17H2,1-6H3. The summed E-state index contributed by atoms with van der Waals surface area (Å²) in [6.45, 7) is 5.32. The fourth-order valence-electron chi connectivity index (χ4n) is 4.64. The summed E-state index contributed by atoms with van der Waals surface area (Å²) in [5.74, 6) is 0.754. The van der Waals surface area contributed by atoms with E-state index in [1.807, 2.05) is 13.8 Å². The molecule has 4 aromatic rings. The summed E-state index contributed by atoms with van der Waals surface area (Å²) in [5, 5.41) is 0.641. The van der Waals surface area contributed by atoms with Crippen molar-refractivity contribution in [2.75, 3.05) is 21.3 Å². The molecule has 9 heteroatoms. The van der Waals surface area contributed by atoms with Crippen molar-refractivity contribution in [2.24, 2.45) is 0 Å². The van der Waals surface area contributed by atoms with Crippen molar-refractivity contribution < 1.29 is 37.3 Å². The minimum Gasteiger partial charge on any atom is -0.493 e. The topological polar surface area (TPSA) is 93.4 Å². The van der Waals surface area contributed by atoms with Crippen LogP contribution < -0.4 is 24.6 Å². The zero-order valence-corrected chi connectivity index (χ0v) is 24.0. The van der Waals surface area contributed by atoms with Gasteiger partial charge in [-0.2, -0.15) is 0 Å². The fraction of sp³-hybridized carbons (Fsp3) is 0.312. The lowest BCUT2D eigenvalue weighted by atomic mass is 9.98. The molecule has 8 nitrogen and oxygen atoms in total. The van der Waals surface area contributed by atoms with Crippen molar-refractivity contribution in [2.45, 2.75) is 46.3 Å². The summed E-state index contributed by atoms with van der Waals surface area (Å²) in [4.78, 5) is 26.1. The van der Waals surface area contributed by atoms with Gasteiger partial charge >= 0.3 is 11.6 Å². The number of esters is 1. The maximum Gasteiger partial charge on any atom is 0.340 e. The molecule has 0 fully saturated rings. The van der Waals surface area contributed by atoms with Crippen LogP contribution in [0.4, 0.5) is 4.39 Å². The van der Waals surface area contributed by atoms with Crippen LogP contribution in [0, 0.1) is 12.7 Å². The van der Waals surface area contributed by atoms with E-state index in [0.717, 1.165) is 0 Å². The van der Waals surface area contributed by atoms with Crippen molar-refractivity contribution in [1.29, 1.82) is 0 Å². The van der Waals surface area contributed by atoms with Crippen molar-refractivity contribution in [3.8, 4) is 23.0 Å². The Morgan fingerprint density at radius 3 is 2.22 bits per heavy atom. The monoisotopic (exact) mass is 564 g/mol. The number of hydrogen-bond acceptors (Lipinski definition) is 8. The van der Waals surface area contributed by atoms with E-state index >= 15 is 0 Å². The zero-order chi connectivity index (χ0) is 29.7. The van der Waals surface area contributed by atoms with Gasteiger partial charge < -0.3 is 28.1 Å². The lowest BCUT2D eigenvalue weighted by Crippen LogP contribution is -2.15. The molecule has 0 aliphatic rings. The van der Waals surface area contributed by atoms with Crippen LogP contribution in [0.3, 0.4) is 0 Å². The number of fused-ring (bicyclic) bond motifs is 1. The van der Waals surface area contributed by atoms with E-state index in [0.29, 0.717) is 56.2 Å². The van der Waals surface area contributed by atoms with Crippen LogP contribution in [-0.2, 0) is 29.0 Å². The van der Waals surface area contributed by atoms with Gasteiger partial charge in [0.25, 0.3) is 0 Å². The Labute approximate surface area is 237 Å². The number of halogens is 1. The molecule has 41 heavy (non-hydrogen) atoms. The normalized spacial score (nSPS) is 11.0. The van der Waals surface area contributed by atoms with Crippen LogP contribution in [-0.4, -0.2) is 33.4 Å². The third-order valence-corrected chi connectivity index (χ3v) is 6.65. The second-order valence-electron chi connectivity index (χ2n) is 9.72. The largest absolute Gasteiger partial charge is 0.493 e. The van der Waals surface area contributed by atoms with E-state index in [2.05, 4.69) is 0 Å². The van der Waals surface area contributed by atoms with Crippen molar-refractivity contribution in [3.63, 3.8) is 0 Å². The number of benzene rings is 3. The van der Waals surface area contributed by atoms with E-state index in [9.17, 15) is 14.0 Å². The highest BCUT2D eigenvalue weighted by Crippen LogP contribution is 2.38. The van der Waals surface area contributed by atoms with E-state index in [1.54, 1.807) is 49.4 Å². The third kappa shape index (κ3) is 6.45. The van der Waals surface area contributed by atoms with Gasteiger partial charge in [0.2, 0.25) is 5.75 Å². The summed E-state index contributed by atoms with van der Waals surface area (Å²) in [6, 6.07) is 13.2. The summed E-state index contributed by atoms with van der Waals surface area (Å²) in [5.41, 5.74) is 2.08. The molecular formula is C32H33FO8. The number of methoxy groups -OCH3 is 3. The van der Waals surface area contributed by atoms with Gasteiger partial charge in [-0.1, -0.05) is 18.2 Å². The first-order chi connectivity index (χ1) is 19.7. The number of hydrogen-bond donors (Lipinski definition) is 0. The van der Waals surface area contributed by atoms with Crippen LogP contribution in [0.25, 0.3) is 11.0 Å². The van der Waals surface area contributed by atoms with Crippen LogP contribution in [0.5, 0.6) is 23.0 Å². The maximum absolute atomic E-state index is 14.3. The zero-order valence-electron chi connectivity index (χ0n) is 24.0. The molecule has 0 atom stereocenters. The molecule has 1 aromatic heterocycles. The predicted octanol–water partition coefficient (Wildman–Crippen LogP) is 5.93. The minimum absolute atomic E-state index is 0.0718. The quantitative estimate of drug-likeness (QED) is 0.164. The Bertz CT molecular complexity index is 1600. The molecular weight excluding hydrogens is 531 g/mol. The highest BCUT2D eigenvalue weighted by atomic mass is 19.1. The molecule has 216 valence electrons. The first-order valence-corrected chi connectivity index (χ1v) is 13.1. The second-order valence-corrected chi connectivity index (χ2v) is 9.72. The number of rotatable bonds is 11. The van der Waals surface area contributed by atoms with Crippen LogP contribution in [0.15, 0.2) is 57.7 Å². The Morgan fingerprint density at radius 1 is 0.927 bits per heavy atom. The average molecular weight is 565 g/mol. The average Bonchev–Trinajstić information content (AvgIpc) is 2.94. The van der Waals surface area contributed by atoms with Crippen molar-refractivity contribution in [3.05, 3.63) is 92.6 Å². The lowest BCUT2D eigenvalue weighted by molar-refractivity contribution is -0.144. The van der Waals surface area contributed by atoms with Gasteiger partial charge in [0.05, 0.1) is 39.4 Å². The van der Waals surface area contributed by atoms with E-state index in [-0.39, 0.29) is 31.1 Å². The van der Waals surface area contributed by atoms with E-state index < -0.39 is 17.4 Å². The Hall–Kier alpha value is -4.53. The predicted molar refractivity (Wildman–Crippen MR) is 152 cm³/mol. The number of aryl methyl sites for hydroxylation is 1. The SMILES string of the molecule is COc1cc(CC(=O)OCc2c(OC(C)C)ccc3c(C)c(Cc4ccccc4F)c(=O)oc23)cc(OC)c1OC. The van der Waals surface area contributed by atoms with Gasteiger partial charge in [0.1, 0.15) is 23.8 Å². The van der Waals surface area contributed by atoms with Crippen molar-refractivity contribution in [1.82, 2.24) is 0 Å². The first kappa shape index (κ1) is 29.5. The molecule has 0 bridgehead atoms. The van der Waals surface area contributed by atoms with E-state index in [1.165, 1.54) is 27.4 Å². The molecule has 0 radical (unpaired) electrons. The number of carbonyl (C=O) groups excluding carboxylic acids is 1. The van der Waals surface area contributed by atoms with Gasteiger partial charge in [-0.05, 0) is 67.8 Å². The fourth-order valence-corrected chi connectivity index (χ4v) is 4.64. The molecule has 0 aliphatic heterocycles. The highest BCUT2D eigenvalue weighted by Gasteiger charge is 2.21. The summed E-state index contributed by atoms with van der Waals surface area (Å²) in [6.07, 6.45) is -0.174. The van der Waals surface area contributed by atoms with Gasteiger partial charge in [-0.25, -0.2) is 9.18 Å². The summed E-state index contributed by atoms with van der Waals surface area (Å²) in [7, 11) is 4.49. The van der Waals surface area contributed by atoms with Crippen molar-refractivity contribution >= 4 is 16.9 Å². The van der Waals surface area contributed by atoms with Crippen LogP contribution in [0.2, 0.25) is 0 Å². The molecule has 0 spiro atoms. The van der Waals surface area contributed by atoms with Gasteiger partial charge in [0, 0.05) is 17.4 Å². The first-order valence-electron chi connectivity index (χ1n) is 13.1. The van der Waals surface area contributed by atoms with Crippen LogP contribution >= 0.6 is 0 Å². The van der Waals surface area contributed by atoms with Gasteiger partial charge in [0.15, 0.2) is 11.5 Å². The molecule has 0 amide bonds. The van der Waals surface area contributed by atoms with E-state index in [4.69, 9.17) is 28.1 Å². The maximum atomic E-state index is 14.3. The molecule has 0 saturated heterocycles. The summed E-state index contributed by atoms with van der Waals surface area (Å²) >= 11 is 0. The molecule has 0 unspecified atom stereocenters. The number of carbonyl (C=O) groups is 1. The molecule has 0 aliphatic carbocycles. The lowest BCUT2D eigenvalue weighted by Gasteiger charge is -2.17. The second kappa shape index (κ2) is 12.8. The molecule has 4 rings (SSSR count). The molecule has 0 saturated carbocycles. The van der Waals surface area contributed by atoms with Crippen LogP contribution in [0.1, 0.15) is 41.7 Å². The minimum atomic E-state index is -0.593. The molecule has 1 heterocycles. The Morgan fingerprint density at radius 2 is 1.61 bits per heavy atom. The number of ether oxygens (including phenoxy) is 5. The van der Waals surface area contributed by atoms with Gasteiger partial charge in [-0.15, -0.1) is 0 Å². The van der Waals surface area contributed by atoms with Gasteiger partial charge in [-0.3, -0.25) is 4.79 Å².